The summed E-state index contributed by atoms with van der Waals surface area (Å²) in [6, 6.07) is 2.81. The van der Waals surface area contributed by atoms with Gasteiger partial charge in [-0.25, -0.2) is 4.39 Å². The molecule has 1 saturated carbocycles. The average molecular weight is 281 g/mol. The molecule has 0 bridgehead atoms. The van der Waals surface area contributed by atoms with Crippen molar-refractivity contribution in [3.63, 3.8) is 0 Å². The third-order valence-electron chi connectivity index (χ3n) is 4.05. The van der Waals surface area contributed by atoms with Crippen molar-refractivity contribution in [3.05, 3.63) is 29.8 Å². The lowest BCUT2D eigenvalue weighted by Gasteiger charge is -2.29. The van der Waals surface area contributed by atoms with Crippen LogP contribution in [0, 0.1) is 5.82 Å². The zero-order valence-corrected chi connectivity index (χ0v) is 12.1. The van der Waals surface area contributed by atoms with E-state index in [2.05, 4.69) is 9.88 Å². The Bertz CT molecular complexity index is 418. The Morgan fingerprint density at radius 1 is 1.45 bits per heavy atom. The van der Waals surface area contributed by atoms with Crippen molar-refractivity contribution >= 4 is 0 Å². The SMILES string of the molecule is CN(CCC(N)c1ccc(F)cn1)CC1(O)CCCC1. The van der Waals surface area contributed by atoms with E-state index in [0.717, 1.165) is 38.6 Å². The van der Waals surface area contributed by atoms with Gasteiger partial charge in [0.05, 0.1) is 17.5 Å². The van der Waals surface area contributed by atoms with Gasteiger partial charge in [-0.2, -0.15) is 0 Å². The first-order chi connectivity index (χ1) is 9.48. The van der Waals surface area contributed by atoms with Crippen LogP contribution in [0.2, 0.25) is 0 Å². The van der Waals surface area contributed by atoms with Crippen LogP contribution in [0.5, 0.6) is 0 Å². The second kappa shape index (κ2) is 6.61. The molecule has 0 spiro atoms. The first kappa shape index (κ1) is 15.4. The highest BCUT2D eigenvalue weighted by Crippen LogP contribution is 2.30. The summed E-state index contributed by atoms with van der Waals surface area (Å²) in [7, 11) is 2.00. The van der Waals surface area contributed by atoms with Gasteiger partial charge in [0.25, 0.3) is 0 Å². The van der Waals surface area contributed by atoms with Gasteiger partial charge in [0, 0.05) is 12.6 Å². The number of likely N-dealkylation sites (N-methyl/N-ethyl adjacent to an activating group) is 1. The summed E-state index contributed by atoms with van der Waals surface area (Å²) < 4.78 is 12.8. The molecule has 0 aliphatic heterocycles. The fourth-order valence-corrected chi connectivity index (χ4v) is 2.89. The van der Waals surface area contributed by atoms with Crippen LogP contribution in [0.1, 0.15) is 43.8 Å². The zero-order valence-electron chi connectivity index (χ0n) is 12.1. The van der Waals surface area contributed by atoms with E-state index in [4.69, 9.17) is 5.73 Å². The highest BCUT2D eigenvalue weighted by Gasteiger charge is 2.32. The van der Waals surface area contributed by atoms with Crippen LogP contribution in [0.3, 0.4) is 0 Å². The minimum Gasteiger partial charge on any atom is -0.389 e. The van der Waals surface area contributed by atoms with Crippen molar-refractivity contribution in [2.24, 2.45) is 5.73 Å². The van der Waals surface area contributed by atoms with Gasteiger partial charge in [-0.1, -0.05) is 12.8 Å². The van der Waals surface area contributed by atoms with E-state index < -0.39 is 5.60 Å². The first-order valence-corrected chi connectivity index (χ1v) is 7.26. The standard InChI is InChI=1S/C15H24FN3O/c1-19(11-15(20)7-2-3-8-15)9-6-13(17)14-5-4-12(16)10-18-14/h4-5,10,13,20H,2-3,6-9,11,17H2,1H3. The number of aliphatic hydroxyl groups is 1. The molecule has 1 unspecified atom stereocenters. The quantitative estimate of drug-likeness (QED) is 0.835. The van der Waals surface area contributed by atoms with E-state index in [1.807, 2.05) is 7.05 Å². The van der Waals surface area contributed by atoms with Crippen LogP contribution < -0.4 is 5.73 Å². The lowest BCUT2D eigenvalue weighted by atomic mass is 10.0. The zero-order chi connectivity index (χ0) is 14.6. The Morgan fingerprint density at radius 2 is 2.15 bits per heavy atom. The molecule has 4 nitrogen and oxygen atoms in total. The van der Waals surface area contributed by atoms with Crippen molar-refractivity contribution in [2.75, 3.05) is 20.1 Å². The Balaban J connectivity index is 1.77. The third-order valence-corrected chi connectivity index (χ3v) is 4.05. The number of aromatic nitrogens is 1. The average Bonchev–Trinajstić information content (AvgIpc) is 2.83. The summed E-state index contributed by atoms with van der Waals surface area (Å²) in [6.45, 7) is 1.49. The molecule has 3 N–H and O–H groups in total. The van der Waals surface area contributed by atoms with E-state index in [1.165, 1.54) is 12.3 Å². The fraction of sp³-hybridized carbons (Fsp3) is 0.667. The Morgan fingerprint density at radius 3 is 2.75 bits per heavy atom. The maximum absolute atomic E-state index is 12.8. The summed E-state index contributed by atoms with van der Waals surface area (Å²) in [4.78, 5) is 6.12. The highest BCUT2D eigenvalue weighted by atomic mass is 19.1. The molecule has 112 valence electrons. The van der Waals surface area contributed by atoms with Gasteiger partial charge in [0.15, 0.2) is 0 Å². The molecule has 20 heavy (non-hydrogen) atoms. The Hall–Kier alpha value is -1.04. The Kier molecular flexibility index (Phi) is 5.07. The summed E-state index contributed by atoms with van der Waals surface area (Å²) >= 11 is 0. The summed E-state index contributed by atoms with van der Waals surface area (Å²) in [6.07, 6.45) is 5.95. The molecule has 2 rings (SSSR count). The van der Waals surface area contributed by atoms with E-state index in [-0.39, 0.29) is 11.9 Å². The lowest BCUT2D eigenvalue weighted by Crippen LogP contribution is -2.40. The van der Waals surface area contributed by atoms with Gasteiger partial charge in [-0.05, 0) is 45.0 Å². The van der Waals surface area contributed by atoms with Crippen LogP contribution in [0.25, 0.3) is 0 Å². The molecular weight excluding hydrogens is 257 g/mol. The second-order valence-electron chi connectivity index (χ2n) is 5.97. The van der Waals surface area contributed by atoms with Crippen LogP contribution >= 0.6 is 0 Å². The molecule has 1 heterocycles. The Labute approximate surface area is 119 Å². The molecule has 1 aliphatic carbocycles. The molecule has 1 aliphatic rings. The minimum atomic E-state index is -0.521. The van der Waals surface area contributed by atoms with Crippen molar-refractivity contribution < 1.29 is 9.50 Å². The monoisotopic (exact) mass is 281 g/mol. The van der Waals surface area contributed by atoms with Crippen molar-refractivity contribution in [1.29, 1.82) is 0 Å². The minimum absolute atomic E-state index is 0.198. The van der Waals surface area contributed by atoms with Crippen molar-refractivity contribution in [3.8, 4) is 0 Å². The van der Waals surface area contributed by atoms with E-state index in [1.54, 1.807) is 6.07 Å². The van der Waals surface area contributed by atoms with Gasteiger partial charge in [-0.3, -0.25) is 4.98 Å². The molecule has 0 radical (unpaired) electrons. The van der Waals surface area contributed by atoms with Gasteiger partial charge in [0.2, 0.25) is 0 Å². The van der Waals surface area contributed by atoms with Crippen LogP contribution in [-0.2, 0) is 0 Å². The van der Waals surface area contributed by atoms with Crippen LogP contribution in [0.4, 0.5) is 4.39 Å². The largest absolute Gasteiger partial charge is 0.389 e. The third kappa shape index (κ3) is 4.23. The van der Waals surface area contributed by atoms with Gasteiger partial charge in [-0.15, -0.1) is 0 Å². The van der Waals surface area contributed by atoms with E-state index in [0.29, 0.717) is 12.2 Å². The maximum atomic E-state index is 12.8. The molecule has 0 saturated heterocycles. The second-order valence-corrected chi connectivity index (χ2v) is 5.97. The van der Waals surface area contributed by atoms with E-state index in [9.17, 15) is 9.50 Å². The van der Waals surface area contributed by atoms with Crippen LogP contribution in [0.15, 0.2) is 18.3 Å². The predicted octanol–water partition coefficient (Wildman–Crippen LogP) is 1.85. The fourth-order valence-electron chi connectivity index (χ4n) is 2.89. The number of nitrogens with two attached hydrogens (primary N) is 1. The smallest absolute Gasteiger partial charge is 0.141 e. The molecule has 1 aromatic heterocycles. The molecule has 0 aromatic carbocycles. The van der Waals surface area contributed by atoms with Crippen LogP contribution in [-0.4, -0.2) is 40.7 Å². The first-order valence-electron chi connectivity index (χ1n) is 7.26. The molecular formula is C15H24FN3O. The number of pyridine rings is 1. The highest BCUT2D eigenvalue weighted by molar-refractivity contribution is 5.09. The number of hydrogen-bond acceptors (Lipinski definition) is 4. The van der Waals surface area contributed by atoms with Gasteiger partial charge in [0.1, 0.15) is 5.82 Å². The number of rotatable bonds is 6. The summed E-state index contributed by atoms with van der Waals surface area (Å²) in [5.41, 5.74) is 6.25. The topological polar surface area (TPSA) is 62.4 Å². The molecule has 5 heteroatoms. The molecule has 1 aromatic rings. The van der Waals surface area contributed by atoms with E-state index >= 15 is 0 Å². The molecule has 1 atom stereocenters. The summed E-state index contributed by atoms with van der Waals surface area (Å²) in [5, 5.41) is 10.3. The maximum Gasteiger partial charge on any atom is 0.141 e. The summed E-state index contributed by atoms with van der Waals surface area (Å²) in [5.74, 6) is -0.346. The van der Waals surface area contributed by atoms with Gasteiger partial charge < -0.3 is 15.7 Å². The van der Waals surface area contributed by atoms with Gasteiger partial charge >= 0.3 is 0 Å². The number of halogens is 1. The molecule has 0 amide bonds. The number of hydrogen-bond donors (Lipinski definition) is 2. The lowest BCUT2D eigenvalue weighted by molar-refractivity contribution is 0.0158. The van der Waals surface area contributed by atoms with Crippen molar-refractivity contribution in [1.82, 2.24) is 9.88 Å². The predicted molar refractivity (Wildman–Crippen MR) is 76.7 cm³/mol. The number of nitrogens with zero attached hydrogens (tertiary/aromatic N) is 2. The van der Waals surface area contributed by atoms with Crippen molar-refractivity contribution in [2.45, 2.75) is 43.7 Å². The normalized spacial score (nSPS) is 19.4. The molecule has 1 fully saturated rings.